The predicted octanol–water partition coefficient (Wildman–Crippen LogP) is 3.59. The highest BCUT2D eigenvalue weighted by atomic mass is 16.3. The van der Waals surface area contributed by atoms with Crippen LogP contribution in [0.5, 0.6) is 0 Å². The molecule has 2 aromatic rings. The quantitative estimate of drug-likeness (QED) is 0.871. The Morgan fingerprint density at radius 2 is 1.40 bits per heavy atom. The summed E-state index contributed by atoms with van der Waals surface area (Å²) in [6.45, 7) is 4.78. The Labute approximate surface area is 121 Å². The van der Waals surface area contributed by atoms with Crippen LogP contribution in [-0.4, -0.2) is 11.7 Å². The third kappa shape index (κ3) is 3.27. The minimum Gasteiger partial charge on any atom is -0.388 e. The van der Waals surface area contributed by atoms with Gasteiger partial charge in [-0.05, 0) is 22.6 Å². The molecular weight excluding hydrogens is 246 g/mol. The van der Waals surface area contributed by atoms with Gasteiger partial charge in [0.2, 0.25) is 0 Å². The third-order valence-corrected chi connectivity index (χ3v) is 3.81. The maximum atomic E-state index is 10.5. The Morgan fingerprint density at radius 1 is 0.850 bits per heavy atom. The van der Waals surface area contributed by atoms with Crippen molar-refractivity contribution < 1.29 is 5.11 Å². The van der Waals surface area contributed by atoms with E-state index >= 15 is 0 Å². The largest absolute Gasteiger partial charge is 0.388 e. The van der Waals surface area contributed by atoms with Crippen LogP contribution in [0, 0.1) is 0 Å². The van der Waals surface area contributed by atoms with E-state index in [0.29, 0.717) is 12.5 Å². The van der Waals surface area contributed by atoms with Crippen LogP contribution in [0.2, 0.25) is 0 Å². The van der Waals surface area contributed by atoms with Gasteiger partial charge in [0, 0.05) is 12.5 Å². The lowest BCUT2D eigenvalue weighted by molar-refractivity contribution is 0.147. The lowest BCUT2D eigenvalue weighted by atomic mass is 9.88. The van der Waals surface area contributed by atoms with E-state index in [9.17, 15) is 5.11 Å². The molecule has 0 saturated heterocycles. The maximum Gasteiger partial charge on any atom is 0.0870 e. The van der Waals surface area contributed by atoms with Crippen molar-refractivity contribution >= 4 is 0 Å². The number of hydrogen-bond donors (Lipinski definition) is 2. The zero-order valence-electron chi connectivity index (χ0n) is 12.2. The maximum absolute atomic E-state index is 10.5. The van der Waals surface area contributed by atoms with Gasteiger partial charge in [0.1, 0.15) is 0 Å². The molecule has 0 aliphatic rings. The second-order valence-electron chi connectivity index (χ2n) is 5.52. The van der Waals surface area contributed by atoms with Crippen LogP contribution in [0.25, 0.3) is 0 Å². The van der Waals surface area contributed by atoms with Crippen LogP contribution in [0.4, 0.5) is 0 Å². The Morgan fingerprint density at radius 3 is 1.90 bits per heavy atom. The molecule has 0 amide bonds. The first kappa shape index (κ1) is 14.8. The van der Waals surface area contributed by atoms with Gasteiger partial charge in [0.05, 0.1) is 6.10 Å². The SMILES string of the molecule is CC(C)c1ccc(C(CN)C(O)c2ccccc2)cc1. The lowest BCUT2D eigenvalue weighted by Gasteiger charge is -2.22. The van der Waals surface area contributed by atoms with Gasteiger partial charge in [-0.1, -0.05) is 68.4 Å². The second kappa shape index (κ2) is 6.69. The van der Waals surface area contributed by atoms with Crippen LogP contribution < -0.4 is 5.73 Å². The van der Waals surface area contributed by atoms with E-state index in [1.54, 1.807) is 0 Å². The van der Waals surface area contributed by atoms with Crippen molar-refractivity contribution in [3.63, 3.8) is 0 Å². The Balaban J connectivity index is 2.23. The van der Waals surface area contributed by atoms with Crippen LogP contribution in [0.3, 0.4) is 0 Å². The molecule has 2 rings (SSSR count). The Bertz CT molecular complexity index is 519. The minimum absolute atomic E-state index is 0.0707. The number of hydrogen-bond acceptors (Lipinski definition) is 2. The van der Waals surface area contributed by atoms with Crippen molar-refractivity contribution in [2.75, 3.05) is 6.54 Å². The molecule has 2 heteroatoms. The fourth-order valence-electron chi connectivity index (χ4n) is 2.46. The highest BCUT2D eigenvalue weighted by molar-refractivity contribution is 5.30. The first-order chi connectivity index (χ1) is 9.63. The van der Waals surface area contributed by atoms with Crippen molar-refractivity contribution in [3.8, 4) is 0 Å². The van der Waals surface area contributed by atoms with Crippen LogP contribution in [0.15, 0.2) is 54.6 Å². The van der Waals surface area contributed by atoms with Gasteiger partial charge in [-0.2, -0.15) is 0 Å². The molecule has 0 bridgehead atoms. The summed E-state index contributed by atoms with van der Waals surface area (Å²) in [5.41, 5.74) is 9.19. The summed E-state index contributed by atoms with van der Waals surface area (Å²) in [5.74, 6) is 0.443. The van der Waals surface area contributed by atoms with Gasteiger partial charge in [-0.15, -0.1) is 0 Å². The molecule has 0 aliphatic carbocycles. The van der Waals surface area contributed by atoms with Gasteiger partial charge in [0.15, 0.2) is 0 Å². The molecule has 3 N–H and O–H groups in total. The molecule has 2 atom stereocenters. The molecule has 0 fully saturated rings. The van der Waals surface area contributed by atoms with Gasteiger partial charge >= 0.3 is 0 Å². The molecule has 0 aromatic heterocycles. The molecule has 106 valence electrons. The zero-order chi connectivity index (χ0) is 14.5. The molecule has 2 nitrogen and oxygen atoms in total. The minimum atomic E-state index is -0.564. The average molecular weight is 269 g/mol. The molecule has 0 aliphatic heterocycles. The molecule has 0 spiro atoms. The third-order valence-electron chi connectivity index (χ3n) is 3.81. The van der Waals surface area contributed by atoms with E-state index in [0.717, 1.165) is 11.1 Å². The smallest absolute Gasteiger partial charge is 0.0870 e. The number of aliphatic hydroxyl groups excluding tert-OH is 1. The number of nitrogens with two attached hydrogens (primary N) is 1. The van der Waals surface area contributed by atoms with Crippen molar-refractivity contribution in [2.45, 2.75) is 31.8 Å². The van der Waals surface area contributed by atoms with E-state index in [-0.39, 0.29) is 5.92 Å². The molecule has 2 unspecified atom stereocenters. The summed E-state index contributed by atoms with van der Waals surface area (Å²) in [4.78, 5) is 0. The number of benzene rings is 2. The van der Waals surface area contributed by atoms with E-state index < -0.39 is 6.10 Å². The van der Waals surface area contributed by atoms with E-state index in [1.165, 1.54) is 5.56 Å². The fourth-order valence-corrected chi connectivity index (χ4v) is 2.46. The van der Waals surface area contributed by atoms with Crippen molar-refractivity contribution in [3.05, 3.63) is 71.3 Å². The highest BCUT2D eigenvalue weighted by Crippen LogP contribution is 2.30. The fraction of sp³-hybridized carbons (Fsp3) is 0.333. The van der Waals surface area contributed by atoms with Gasteiger partial charge in [0.25, 0.3) is 0 Å². The summed E-state index contributed by atoms with van der Waals surface area (Å²) in [6, 6.07) is 18.1. The summed E-state index contributed by atoms with van der Waals surface area (Å²) in [7, 11) is 0. The van der Waals surface area contributed by atoms with Crippen LogP contribution in [0.1, 0.15) is 48.5 Å². The highest BCUT2D eigenvalue weighted by Gasteiger charge is 2.21. The Kier molecular flexibility index (Phi) is 4.94. The van der Waals surface area contributed by atoms with Gasteiger partial charge < -0.3 is 10.8 Å². The van der Waals surface area contributed by atoms with Gasteiger partial charge in [-0.25, -0.2) is 0 Å². The summed E-state index contributed by atoms with van der Waals surface area (Å²) in [5, 5.41) is 10.5. The first-order valence-electron chi connectivity index (χ1n) is 7.16. The van der Waals surface area contributed by atoms with Crippen LogP contribution in [-0.2, 0) is 0 Å². The van der Waals surface area contributed by atoms with Gasteiger partial charge in [-0.3, -0.25) is 0 Å². The summed E-state index contributed by atoms with van der Waals surface area (Å²) in [6.07, 6.45) is -0.564. The molecule has 0 heterocycles. The first-order valence-corrected chi connectivity index (χ1v) is 7.16. The monoisotopic (exact) mass is 269 g/mol. The Hall–Kier alpha value is -1.64. The molecule has 2 aromatic carbocycles. The standard InChI is InChI=1S/C18H23NO/c1-13(2)14-8-10-15(11-9-14)17(12-19)18(20)16-6-4-3-5-7-16/h3-11,13,17-18,20H,12,19H2,1-2H3. The predicted molar refractivity (Wildman–Crippen MR) is 83.7 cm³/mol. The molecule has 0 radical (unpaired) electrons. The summed E-state index contributed by atoms with van der Waals surface area (Å²) < 4.78 is 0. The second-order valence-corrected chi connectivity index (χ2v) is 5.52. The lowest BCUT2D eigenvalue weighted by Crippen LogP contribution is -2.20. The number of aliphatic hydroxyl groups is 1. The van der Waals surface area contributed by atoms with E-state index in [2.05, 4.69) is 38.1 Å². The van der Waals surface area contributed by atoms with E-state index in [1.807, 2.05) is 30.3 Å². The van der Waals surface area contributed by atoms with E-state index in [4.69, 9.17) is 5.73 Å². The topological polar surface area (TPSA) is 46.2 Å². The molecule has 20 heavy (non-hydrogen) atoms. The van der Waals surface area contributed by atoms with Crippen LogP contribution >= 0.6 is 0 Å². The average Bonchev–Trinajstić information content (AvgIpc) is 2.49. The molecule has 0 saturated carbocycles. The normalized spacial score (nSPS) is 14.2. The van der Waals surface area contributed by atoms with Crippen molar-refractivity contribution in [1.82, 2.24) is 0 Å². The number of rotatable bonds is 5. The zero-order valence-corrected chi connectivity index (χ0v) is 12.2. The molecular formula is C18H23NO. The van der Waals surface area contributed by atoms with Crippen molar-refractivity contribution in [2.24, 2.45) is 5.73 Å². The summed E-state index contributed by atoms with van der Waals surface area (Å²) >= 11 is 0. The van der Waals surface area contributed by atoms with Crippen molar-refractivity contribution in [1.29, 1.82) is 0 Å².